The average molecular weight is 197 g/mol. The van der Waals surface area contributed by atoms with Gasteiger partial charge in [0, 0.05) is 25.7 Å². The average Bonchev–Trinajstić information content (AvgIpc) is 2.56. The van der Waals surface area contributed by atoms with Crippen molar-refractivity contribution in [3.05, 3.63) is 0 Å². The zero-order valence-electron chi connectivity index (χ0n) is 9.50. The molecule has 3 heteroatoms. The molecule has 2 heterocycles. The van der Waals surface area contributed by atoms with Gasteiger partial charge in [-0.05, 0) is 45.1 Å². The molecule has 0 amide bonds. The third kappa shape index (κ3) is 1.95. The van der Waals surface area contributed by atoms with Crippen molar-refractivity contribution < 1.29 is 0 Å². The predicted molar refractivity (Wildman–Crippen MR) is 58.8 cm³/mol. The molecule has 0 bridgehead atoms. The van der Waals surface area contributed by atoms with E-state index in [0.29, 0.717) is 11.5 Å². The van der Waals surface area contributed by atoms with Gasteiger partial charge >= 0.3 is 0 Å². The van der Waals surface area contributed by atoms with Crippen LogP contribution in [0.5, 0.6) is 0 Å². The number of hydrazine groups is 1. The van der Waals surface area contributed by atoms with Crippen LogP contribution in [0.1, 0.15) is 33.1 Å². The summed E-state index contributed by atoms with van der Waals surface area (Å²) < 4.78 is 0. The Morgan fingerprint density at radius 1 is 1.07 bits per heavy atom. The third-order valence-corrected chi connectivity index (χ3v) is 4.06. The summed E-state index contributed by atoms with van der Waals surface area (Å²) in [6.07, 6.45) is 3.98. The van der Waals surface area contributed by atoms with Crippen molar-refractivity contribution in [3.8, 4) is 0 Å². The normalized spacial score (nSPS) is 29.1. The molecular weight excluding hydrogens is 174 g/mol. The monoisotopic (exact) mass is 197 g/mol. The number of nitrogens with zero attached hydrogens (tertiary/aromatic N) is 2. The van der Waals surface area contributed by atoms with E-state index < -0.39 is 0 Å². The summed E-state index contributed by atoms with van der Waals surface area (Å²) >= 11 is 0. The molecule has 82 valence electrons. The number of nitrogens with two attached hydrogens (primary N) is 1. The summed E-state index contributed by atoms with van der Waals surface area (Å²) in [5.41, 5.74) is 0.611. The maximum atomic E-state index is 5.80. The summed E-state index contributed by atoms with van der Waals surface area (Å²) in [6, 6.07) is 0.713. The molecule has 0 atom stereocenters. The number of rotatable bonds is 1. The van der Waals surface area contributed by atoms with Gasteiger partial charge in [-0.3, -0.25) is 5.84 Å². The maximum absolute atomic E-state index is 5.80. The second-order valence-corrected chi connectivity index (χ2v) is 5.35. The van der Waals surface area contributed by atoms with Gasteiger partial charge in [0.05, 0.1) is 0 Å². The Kier molecular flexibility index (Phi) is 2.82. The molecule has 2 aliphatic heterocycles. The van der Waals surface area contributed by atoms with Crippen molar-refractivity contribution in [2.45, 2.75) is 39.2 Å². The Hall–Kier alpha value is -0.120. The number of hydrogen-bond acceptors (Lipinski definition) is 3. The van der Waals surface area contributed by atoms with E-state index in [4.69, 9.17) is 5.84 Å². The zero-order chi connectivity index (χ0) is 10.2. The van der Waals surface area contributed by atoms with E-state index in [9.17, 15) is 0 Å². The minimum Gasteiger partial charge on any atom is -0.300 e. The fraction of sp³-hybridized carbons (Fsp3) is 1.00. The second kappa shape index (κ2) is 3.80. The largest absolute Gasteiger partial charge is 0.300 e. The van der Waals surface area contributed by atoms with Crippen molar-refractivity contribution in [1.29, 1.82) is 0 Å². The molecule has 0 aromatic heterocycles. The van der Waals surface area contributed by atoms with E-state index in [2.05, 4.69) is 18.7 Å². The maximum Gasteiger partial charge on any atom is 0.0134 e. The zero-order valence-corrected chi connectivity index (χ0v) is 9.50. The fourth-order valence-corrected chi connectivity index (χ4v) is 2.82. The summed E-state index contributed by atoms with van der Waals surface area (Å²) in [7, 11) is 0. The van der Waals surface area contributed by atoms with Crippen LogP contribution in [0.15, 0.2) is 0 Å². The molecule has 0 saturated carbocycles. The summed E-state index contributed by atoms with van der Waals surface area (Å²) in [4.78, 5) is 2.62. The van der Waals surface area contributed by atoms with Crippen molar-refractivity contribution in [1.82, 2.24) is 9.91 Å². The van der Waals surface area contributed by atoms with Gasteiger partial charge < -0.3 is 4.90 Å². The van der Waals surface area contributed by atoms with Crippen LogP contribution >= 0.6 is 0 Å². The molecule has 0 unspecified atom stereocenters. The molecule has 14 heavy (non-hydrogen) atoms. The van der Waals surface area contributed by atoms with E-state index in [1.165, 1.54) is 32.4 Å². The van der Waals surface area contributed by atoms with Gasteiger partial charge in [0.25, 0.3) is 0 Å². The molecule has 0 aromatic carbocycles. The van der Waals surface area contributed by atoms with E-state index in [-0.39, 0.29) is 0 Å². The molecule has 1 spiro atoms. The summed E-state index contributed by atoms with van der Waals surface area (Å²) in [5.74, 6) is 5.80. The molecule has 2 rings (SSSR count). The standard InChI is InChI=1S/C11H23N3/c1-10(2)13-6-3-11(9-13)4-7-14(12)8-5-11/h10H,3-9,12H2,1-2H3. The molecule has 0 aliphatic carbocycles. The van der Waals surface area contributed by atoms with Crippen molar-refractivity contribution >= 4 is 0 Å². The van der Waals surface area contributed by atoms with Crippen LogP contribution in [-0.2, 0) is 0 Å². The van der Waals surface area contributed by atoms with Crippen LogP contribution in [0, 0.1) is 5.41 Å². The van der Waals surface area contributed by atoms with Crippen LogP contribution < -0.4 is 5.84 Å². The first-order valence-electron chi connectivity index (χ1n) is 5.85. The highest BCUT2D eigenvalue weighted by Crippen LogP contribution is 2.40. The molecule has 0 aromatic rings. The first kappa shape index (κ1) is 10.4. The topological polar surface area (TPSA) is 32.5 Å². The number of piperidine rings is 1. The highest BCUT2D eigenvalue weighted by atomic mass is 15.4. The van der Waals surface area contributed by atoms with Gasteiger partial charge in [0.1, 0.15) is 0 Å². The Morgan fingerprint density at radius 2 is 1.64 bits per heavy atom. The molecule has 2 aliphatic rings. The Labute approximate surface area is 87.2 Å². The van der Waals surface area contributed by atoms with Gasteiger partial charge in [0.2, 0.25) is 0 Å². The summed E-state index contributed by atoms with van der Waals surface area (Å²) in [5, 5.41) is 1.98. The third-order valence-electron chi connectivity index (χ3n) is 4.06. The Balaban J connectivity index is 1.93. The fourth-order valence-electron chi connectivity index (χ4n) is 2.82. The first-order chi connectivity index (χ1) is 6.61. The van der Waals surface area contributed by atoms with Crippen LogP contribution in [0.3, 0.4) is 0 Å². The molecule has 2 saturated heterocycles. The summed E-state index contributed by atoms with van der Waals surface area (Å²) in [6.45, 7) is 9.38. The van der Waals surface area contributed by atoms with Gasteiger partial charge in [-0.25, -0.2) is 5.01 Å². The minimum atomic E-state index is 0.611. The van der Waals surface area contributed by atoms with E-state index in [1.807, 2.05) is 5.01 Å². The molecule has 3 nitrogen and oxygen atoms in total. The van der Waals surface area contributed by atoms with Crippen molar-refractivity contribution in [2.24, 2.45) is 11.3 Å². The van der Waals surface area contributed by atoms with Crippen molar-refractivity contribution in [3.63, 3.8) is 0 Å². The molecular formula is C11H23N3. The lowest BCUT2D eigenvalue weighted by Crippen LogP contribution is -2.45. The van der Waals surface area contributed by atoms with Gasteiger partial charge in [-0.2, -0.15) is 0 Å². The van der Waals surface area contributed by atoms with Crippen molar-refractivity contribution in [2.75, 3.05) is 26.2 Å². The lowest BCUT2D eigenvalue weighted by atomic mass is 9.78. The van der Waals surface area contributed by atoms with E-state index in [0.717, 1.165) is 13.1 Å². The van der Waals surface area contributed by atoms with E-state index >= 15 is 0 Å². The van der Waals surface area contributed by atoms with Gasteiger partial charge in [0.15, 0.2) is 0 Å². The molecule has 2 N–H and O–H groups in total. The Morgan fingerprint density at radius 3 is 2.14 bits per heavy atom. The quantitative estimate of drug-likeness (QED) is 0.638. The van der Waals surface area contributed by atoms with Crippen LogP contribution in [0.2, 0.25) is 0 Å². The lowest BCUT2D eigenvalue weighted by molar-refractivity contribution is 0.104. The number of hydrogen-bond donors (Lipinski definition) is 1. The minimum absolute atomic E-state index is 0.611. The smallest absolute Gasteiger partial charge is 0.0134 e. The highest BCUT2D eigenvalue weighted by molar-refractivity contribution is 4.93. The first-order valence-corrected chi connectivity index (χ1v) is 5.85. The van der Waals surface area contributed by atoms with Crippen LogP contribution in [0.4, 0.5) is 0 Å². The lowest BCUT2D eigenvalue weighted by Gasteiger charge is -2.37. The van der Waals surface area contributed by atoms with Crippen LogP contribution in [0.25, 0.3) is 0 Å². The Bertz CT molecular complexity index is 195. The van der Waals surface area contributed by atoms with Gasteiger partial charge in [-0.1, -0.05) is 0 Å². The van der Waals surface area contributed by atoms with E-state index in [1.54, 1.807) is 0 Å². The SMILES string of the molecule is CC(C)N1CCC2(CCN(N)CC2)C1. The van der Waals surface area contributed by atoms with Crippen LogP contribution in [-0.4, -0.2) is 42.1 Å². The second-order valence-electron chi connectivity index (χ2n) is 5.35. The molecule has 2 fully saturated rings. The predicted octanol–water partition coefficient (Wildman–Crippen LogP) is 1.06. The highest BCUT2D eigenvalue weighted by Gasteiger charge is 2.40. The molecule has 0 radical (unpaired) electrons. The number of likely N-dealkylation sites (tertiary alicyclic amines) is 1. The van der Waals surface area contributed by atoms with Gasteiger partial charge in [-0.15, -0.1) is 0 Å².